The van der Waals surface area contributed by atoms with Crippen molar-refractivity contribution < 1.29 is 9.32 Å². The lowest BCUT2D eigenvalue weighted by atomic mass is 9.90. The molecule has 4 heteroatoms. The Kier molecular flexibility index (Phi) is 7.99. The Labute approximate surface area is 172 Å². The first-order chi connectivity index (χ1) is 13.6. The molecule has 0 saturated heterocycles. The molecule has 0 unspecified atom stereocenters. The molecular formula is C24H39NO2S. The van der Waals surface area contributed by atoms with Gasteiger partial charge in [0, 0.05) is 11.9 Å². The van der Waals surface area contributed by atoms with Gasteiger partial charge in [0.1, 0.15) is 0 Å². The summed E-state index contributed by atoms with van der Waals surface area (Å²) in [5.74, 6) is 1.22. The Hall–Kier alpha value is -0.870. The Morgan fingerprint density at radius 2 is 1.54 bits per heavy atom. The molecule has 2 saturated carbocycles. The van der Waals surface area contributed by atoms with Crippen LogP contribution in [0.15, 0.2) is 39.6 Å². The van der Waals surface area contributed by atoms with E-state index in [4.69, 9.17) is 0 Å². The smallest absolute Gasteiger partial charge is 0.0805 e. The summed E-state index contributed by atoms with van der Waals surface area (Å²) in [7, 11) is -0.931. The standard InChI is InChI=1S/C24H39NO2S/c1-25-28(27,22-16-12-10-13-17-22)20-24(26)18-14-9-7-5-3-2-4-6-8-11-15-21-19-23(21)24/h10,12-13,16-17,21,23,26H,2-9,11,14-15,18-20H2,1H3/t21-,23-,24-,28-/m0/s1. The molecule has 1 aromatic carbocycles. The molecule has 0 radical (unpaired) electrons. The van der Waals surface area contributed by atoms with Crippen molar-refractivity contribution in [1.29, 1.82) is 0 Å². The summed E-state index contributed by atoms with van der Waals surface area (Å²) in [6.45, 7) is 0. The highest BCUT2D eigenvalue weighted by Crippen LogP contribution is 2.52. The zero-order valence-electron chi connectivity index (χ0n) is 17.7. The zero-order chi connectivity index (χ0) is 19.9. The summed E-state index contributed by atoms with van der Waals surface area (Å²) in [5, 5.41) is 11.7. The first-order valence-corrected chi connectivity index (χ1v) is 13.2. The van der Waals surface area contributed by atoms with Crippen molar-refractivity contribution in [2.45, 2.75) is 94.0 Å². The molecule has 0 bridgehead atoms. The van der Waals surface area contributed by atoms with E-state index in [1.165, 1.54) is 64.2 Å². The number of hydrogen-bond donors (Lipinski definition) is 1. The third kappa shape index (κ3) is 5.82. The van der Waals surface area contributed by atoms with E-state index < -0.39 is 15.3 Å². The molecule has 0 aliphatic heterocycles. The molecule has 0 amide bonds. The number of nitrogens with zero attached hydrogens (tertiary/aromatic N) is 1. The molecule has 0 spiro atoms. The molecular weight excluding hydrogens is 366 g/mol. The third-order valence-electron chi connectivity index (χ3n) is 6.90. The van der Waals surface area contributed by atoms with Crippen LogP contribution >= 0.6 is 0 Å². The number of fused-ring (bicyclic) bond motifs is 1. The Bertz CT molecular complexity index is 711. The topological polar surface area (TPSA) is 49.7 Å². The monoisotopic (exact) mass is 405 g/mol. The number of benzene rings is 1. The summed E-state index contributed by atoms with van der Waals surface area (Å²) in [6.07, 6.45) is 16.0. The Morgan fingerprint density at radius 1 is 0.964 bits per heavy atom. The second-order valence-corrected chi connectivity index (χ2v) is 11.5. The SMILES string of the molecule is CN=[S@](=O)(C[C@@]1(O)CCCCCCCCCCCC[C@H]2C[C@@H]21)c1ccccc1. The molecule has 2 aliphatic carbocycles. The van der Waals surface area contributed by atoms with Gasteiger partial charge in [-0.15, -0.1) is 0 Å². The van der Waals surface area contributed by atoms with Gasteiger partial charge in [-0.3, -0.25) is 0 Å². The Morgan fingerprint density at radius 3 is 2.14 bits per heavy atom. The van der Waals surface area contributed by atoms with E-state index in [1.807, 2.05) is 30.3 Å². The summed E-state index contributed by atoms with van der Waals surface area (Å²) in [5.41, 5.74) is -0.836. The Balaban J connectivity index is 1.74. The van der Waals surface area contributed by atoms with E-state index in [9.17, 15) is 9.32 Å². The first kappa shape index (κ1) is 21.8. The van der Waals surface area contributed by atoms with Crippen molar-refractivity contribution in [3.8, 4) is 0 Å². The summed E-state index contributed by atoms with van der Waals surface area (Å²) in [4.78, 5) is 0.763. The van der Waals surface area contributed by atoms with Gasteiger partial charge >= 0.3 is 0 Å². The largest absolute Gasteiger partial charge is 0.389 e. The van der Waals surface area contributed by atoms with Gasteiger partial charge < -0.3 is 5.11 Å². The van der Waals surface area contributed by atoms with E-state index in [0.717, 1.165) is 24.2 Å². The molecule has 0 heterocycles. The molecule has 3 rings (SSSR count). The third-order valence-corrected chi connectivity index (χ3v) is 9.39. The first-order valence-electron chi connectivity index (χ1n) is 11.5. The van der Waals surface area contributed by atoms with Crippen LogP contribution in [0.2, 0.25) is 0 Å². The number of rotatable bonds is 3. The minimum absolute atomic E-state index is 0.293. The van der Waals surface area contributed by atoms with E-state index >= 15 is 0 Å². The highest BCUT2D eigenvalue weighted by molar-refractivity contribution is 7.93. The van der Waals surface area contributed by atoms with Gasteiger partial charge in [-0.1, -0.05) is 88.8 Å². The highest BCUT2D eigenvalue weighted by atomic mass is 32.2. The van der Waals surface area contributed by atoms with Gasteiger partial charge in [0.05, 0.1) is 21.1 Å². The van der Waals surface area contributed by atoms with Crippen molar-refractivity contribution in [3.63, 3.8) is 0 Å². The van der Waals surface area contributed by atoms with E-state index in [2.05, 4.69) is 4.36 Å². The molecule has 0 aromatic heterocycles. The lowest BCUT2D eigenvalue weighted by Gasteiger charge is -2.30. The minimum Gasteiger partial charge on any atom is -0.389 e. The van der Waals surface area contributed by atoms with Crippen molar-refractivity contribution >= 4 is 9.73 Å². The van der Waals surface area contributed by atoms with E-state index in [1.54, 1.807) is 7.05 Å². The van der Waals surface area contributed by atoms with Crippen LogP contribution in [0.4, 0.5) is 0 Å². The van der Waals surface area contributed by atoms with Crippen LogP contribution in [0.1, 0.15) is 83.5 Å². The van der Waals surface area contributed by atoms with Crippen molar-refractivity contribution in [2.24, 2.45) is 16.2 Å². The van der Waals surface area contributed by atoms with Gasteiger partial charge in [-0.05, 0) is 36.8 Å². The maximum atomic E-state index is 13.7. The van der Waals surface area contributed by atoms with E-state index in [0.29, 0.717) is 17.6 Å². The normalized spacial score (nSPS) is 32.2. The molecule has 1 aromatic rings. The number of aliphatic hydroxyl groups is 1. The minimum atomic E-state index is -2.58. The maximum Gasteiger partial charge on any atom is 0.0805 e. The van der Waals surface area contributed by atoms with Gasteiger partial charge in [-0.25, -0.2) is 8.57 Å². The van der Waals surface area contributed by atoms with Crippen molar-refractivity contribution in [1.82, 2.24) is 0 Å². The predicted octanol–water partition coefficient (Wildman–Crippen LogP) is 6.21. The zero-order valence-corrected chi connectivity index (χ0v) is 18.5. The molecule has 158 valence electrons. The predicted molar refractivity (Wildman–Crippen MR) is 118 cm³/mol. The van der Waals surface area contributed by atoms with Crippen LogP contribution in [-0.4, -0.2) is 27.7 Å². The summed E-state index contributed by atoms with van der Waals surface area (Å²) in [6, 6.07) is 9.57. The van der Waals surface area contributed by atoms with Crippen molar-refractivity contribution in [3.05, 3.63) is 30.3 Å². The van der Waals surface area contributed by atoms with Gasteiger partial charge in [0.2, 0.25) is 0 Å². The second kappa shape index (κ2) is 10.2. The molecule has 4 atom stereocenters. The molecule has 1 N–H and O–H groups in total. The quantitative estimate of drug-likeness (QED) is 0.650. The van der Waals surface area contributed by atoms with Crippen LogP contribution in [0.5, 0.6) is 0 Å². The van der Waals surface area contributed by atoms with E-state index in [-0.39, 0.29) is 0 Å². The fourth-order valence-corrected chi connectivity index (χ4v) is 7.19. The van der Waals surface area contributed by atoms with Gasteiger partial charge in [-0.2, -0.15) is 0 Å². The number of hydrogen-bond acceptors (Lipinski definition) is 3. The average molecular weight is 406 g/mol. The molecule has 3 nitrogen and oxygen atoms in total. The molecule has 2 aliphatic rings. The lowest BCUT2D eigenvalue weighted by molar-refractivity contribution is 0.0235. The van der Waals surface area contributed by atoms with Crippen LogP contribution in [0.25, 0.3) is 0 Å². The fourth-order valence-electron chi connectivity index (χ4n) is 5.07. The van der Waals surface area contributed by atoms with Gasteiger partial charge in [0.15, 0.2) is 0 Å². The molecule has 28 heavy (non-hydrogen) atoms. The van der Waals surface area contributed by atoms with Gasteiger partial charge in [0.25, 0.3) is 0 Å². The van der Waals surface area contributed by atoms with Crippen LogP contribution in [0.3, 0.4) is 0 Å². The van der Waals surface area contributed by atoms with Crippen LogP contribution in [-0.2, 0) is 9.73 Å². The lowest BCUT2D eigenvalue weighted by Crippen LogP contribution is -2.40. The average Bonchev–Trinajstić information content (AvgIpc) is 3.49. The maximum absolute atomic E-state index is 13.7. The highest BCUT2D eigenvalue weighted by Gasteiger charge is 2.52. The fraction of sp³-hybridized carbons (Fsp3) is 0.750. The summed E-state index contributed by atoms with van der Waals surface area (Å²) < 4.78 is 18.0. The van der Waals surface area contributed by atoms with Crippen molar-refractivity contribution in [2.75, 3.05) is 12.8 Å². The van der Waals surface area contributed by atoms with Crippen LogP contribution < -0.4 is 0 Å². The van der Waals surface area contributed by atoms with Crippen LogP contribution in [0, 0.1) is 11.8 Å². The molecule has 2 fully saturated rings. The summed E-state index contributed by atoms with van der Waals surface area (Å²) >= 11 is 0. The second-order valence-electron chi connectivity index (χ2n) is 9.06.